The highest BCUT2D eigenvalue weighted by Crippen LogP contribution is 2.08. The average molecular weight is 186 g/mol. The predicted octanol–water partition coefficient (Wildman–Crippen LogP) is 1.66. The quantitative estimate of drug-likeness (QED) is 0.507. The zero-order valence-corrected chi connectivity index (χ0v) is 8.38. The lowest BCUT2D eigenvalue weighted by Crippen LogP contribution is -2.01. The highest BCUT2D eigenvalue weighted by molar-refractivity contribution is 5.82. The number of esters is 1. The number of allylic oxidation sites excluding steroid dienone is 1. The van der Waals surface area contributed by atoms with Crippen molar-refractivity contribution in [1.82, 2.24) is 0 Å². The molecule has 0 rings (SSSR count). The summed E-state index contributed by atoms with van der Waals surface area (Å²) in [4.78, 5) is 11.0. The Hall–Kier alpha value is -0.830. The molecule has 0 aliphatic heterocycles. The molecule has 0 radical (unpaired) electrons. The molecule has 0 aromatic carbocycles. The van der Waals surface area contributed by atoms with Crippen LogP contribution in [0.5, 0.6) is 0 Å². The van der Waals surface area contributed by atoms with Gasteiger partial charge in [0.1, 0.15) is 0 Å². The van der Waals surface area contributed by atoms with Gasteiger partial charge in [0.05, 0.1) is 6.61 Å². The Morgan fingerprint density at radius 1 is 1.46 bits per heavy atom. The van der Waals surface area contributed by atoms with Crippen LogP contribution in [0.4, 0.5) is 0 Å². The molecule has 3 nitrogen and oxygen atoms in total. The second-order valence-electron chi connectivity index (χ2n) is 2.74. The minimum absolute atomic E-state index is 0.167. The van der Waals surface area contributed by atoms with Gasteiger partial charge in [0.15, 0.2) is 0 Å². The second-order valence-corrected chi connectivity index (χ2v) is 2.74. The summed E-state index contributed by atoms with van der Waals surface area (Å²) in [5.74, 6) is -0.280. The first-order chi connectivity index (χ1) is 6.24. The van der Waals surface area contributed by atoms with Crippen LogP contribution in [0.25, 0.3) is 0 Å². The van der Waals surface area contributed by atoms with Gasteiger partial charge in [0.2, 0.25) is 0 Å². The SMILES string of the molecule is CCOC(=O)/C=C(/CC)CCCO. The summed E-state index contributed by atoms with van der Waals surface area (Å²) in [6.45, 7) is 4.35. The Morgan fingerprint density at radius 3 is 2.62 bits per heavy atom. The van der Waals surface area contributed by atoms with E-state index in [1.807, 2.05) is 6.92 Å². The smallest absolute Gasteiger partial charge is 0.330 e. The van der Waals surface area contributed by atoms with Crippen molar-refractivity contribution in [1.29, 1.82) is 0 Å². The molecule has 0 spiro atoms. The van der Waals surface area contributed by atoms with Crippen LogP contribution in [-0.2, 0) is 9.53 Å². The molecule has 0 atom stereocenters. The van der Waals surface area contributed by atoms with Gasteiger partial charge in [-0.1, -0.05) is 12.5 Å². The molecule has 1 N–H and O–H groups in total. The maximum absolute atomic E-state index is 11.0. The molecule has 76 valence electrons. The molecule has 0 aromatic heterocycles. The van der Waals surface area contributed by atoms with Gasteiger partial charge in [0, 0.05) is 12.7 Å². The molecular formula is C10H18O3. The van der Waals surface area contributed by atoms with E-state index in [0.717, 1.165) is 18.4 Å². The summed E-state index contributed by atoms with van der Waals surface area (Å²) in [6.07, 6.45) is 3.84. The largest absolute Gasteiger partial charge is 0.463 e. The first-order valence-corrected chi connectivity index (χ1v) is 4.71. The maximum Gasteiger partial charge on any atom is 0.330 e. The molecule has 0 saturated heterocycles. The summed E-state index contributed by atoms with van der Waals surface area (Å²) in [7, 11) is 0. The van der Waals surface area contributed by atoms with Gasteiger partial charge in [-0.25, -0.2) is 4.79 Å². The first-order valence-electron chi connectivity index (χ1n) is 4.71. The lowest BCUT2D eigenvalue weighted by Gasteiger charge is -2.02. The maximum atomic E-state index is 11.0. The topological polar surface area (TPSA) is 46.5 Å². The van der Waals surface area contributed by atoms with Crippen molar-refractivity contribution >= 4 is 5.97 Å². The van der Waals surface area contributed by atoms with Crippen LogP contribution in [0, 0.1) is 0 Å². The van der Waals surface area contributed by atoms with Gasteiger partial charge in [-0.15, -0.1) is 0 Å². The van der Waals surface area contributed by atoms with Gasteiger partial charge in [-0.3, -0.25) is 0 Å². The Labute approximate surface area is 79.4 Å². The van der Waals surface area contributed by atoms with Gasteiger partial charge >= 0.3 is 5.97 Å². The number of carbonyl (C=O) groups is 1. The number of ether oxygens (including phenoxy) is 1. The fourth-order valence-corrected chi connectivity index (χ4v) is 1.01. The molecule has 0 unspecified atom stereocenters. The van der Waals surface area contributed by atoms with E-state index in [2.05, 4.69) is 0 Å². The molecule has 3 heteroatoms. The number of aliphatic hydroxyl groups excluding tert-OH is 1. The number of rotatable bonds is 6. The van der Waals surface area contributed by atoms with Crippen LogP contribution in [0.1, 0.15) is 33.1 Å². The number of carbonyl (C=O) groups excluding carboxylic acids is 1. The van der Waals surface area contributed by atoms with Crippen molar-refractivity contribution in [2.45, 2.75) is 33.1 Å². The van der Waals surface area contributed by atoms with Crippen LogP contribution in [0.2, 0.25) is 0 Å². The van der Waals surface area contributed by atoms with E-state index in [0.29, 0.717) is 13.0 Å². The van der Waals surface area contributed by atoms with Crippen LogP contribution in [0.15, 0.2) is 11.6 Å². The van der Waals surface area contributed by atoms with E-state index in [1.165, 1.54) is 6.08 Å². The number of hydrogen-bond donors (Lipinski definition) is 1. The molecule has 0 bridgehead atoms. The van der Waals surface area contributed by atoms with Crippen LogP contribution in [-0.4, -0.2) is 24.3 Å². The van der Waals surface area contributed by atoms with Crippen molar-refractivity contribution in [3.8, 4) is 0 Å². The molecule has 0 saturated carbocycles. The van der Waals surface area contributed by atoms with Gasteiger partial charge in [0.25, 0.3) is 0 Å². The standard InChI is InChI=1S/C10H18O3/c1-3-9(6-5-7-11)8-10(12)13-4-2/h8,11H,3-7H2,1-2H3/b9-8-. The second kappa shape index (κ2) is 7.80. The van der Waals surface area contributed by atoms with Gasteiger partial charge < -0.3 is 9.84 Å². The van der Waals surface area contributed by atoms with E-state index in [4.69, 9.17) is 9.84 Å². The molecule has 0 heterocycles. The number of aliphatic hydroxyl groups is 1. The fourth-order valence-electron chi connectivity index (χ4n) is 1.01. The summed E-state index contributed by atoms with van der Waals surface area (Å²) in [6, 6.07) is 0. The molecule has 0 fully saturated rings. The molecule has 0 aliphatic rings. The Bertz CT molecular complexity index is 173. The zero-order chi connectivity index (χ0) is 10.1. The molecule has 13 heavy (non-hydrogen) atoms. The predicted molar refractivity (Wildman–Crippen MR) is 51.3 cm³/mol. The summed E-state index contributed by atoms with van der Waals surface area (Å²) >= 11 is 0. The fraction of sp³-hybridized carbons (Fsp3) is 0.700. The van der Waals surface area contributed by atoms with Crippen molar-refractivity contribution in [2.75, 3.05) is 13.2 Å². The third-order valence-electron chi connectivity index (χ3n) is 1.72. The Kier molecular flexibility index (Phi) is 7.30. The zero-order valence-electron chi connectivity index (χ0n) is 8.38. The molecule has 0 aliphatic carbocycles. The van der Waals surface area contributed by atoms with E-state index in [9.17, 15) is 4.79 Å². The minimum atomic E-state index is -0.280. The van der Waals surface area contributed by atoms with Crippen LogP contribution >= 0.6 is 0 Å². The van der Waals surface area contributed by atoms with E-state index in [1.54, 1.807) is 6.92 Å². The third kappa shape index (κ3) is 6.34. The molecular weight excluding hydrogens is 168 g/mol. The highest BCUT2D eigenvalue weighted by atomic mass is 16.5. The summed E-state index contributed by atoms with van der Waals surface area (Å²) in [5, 5.41) is 8.60. The normalized spacial score (nSPS) is 11.5. The molecule has 0 aromatic rings. The average Bonchev–Trinajstić information content (AvgIpc) is 2.12. The van der Waals surface area contributed by atoms with E-state index in [-0.39, 0.29) is 12.6 Å². The van der Waals surface area contributed by atoms with Crippen molar-refractivity contribution in [3.05, 3.63) is 11.6 Å². The Balaban J connectivity index is 3.96. The summed E-state index contributed by atoms with van der Waals surface area (Å²) < 4.78 is 4.78. The molecule has 0 amide bonds. The van der Waals surface area contributed by atoms with Crippen molar-refractivity contribution < 1.29 is 14.6 Å². The summed E-state index contributed by atoms with van der Waals surface area (Å²) in [5.41, 5.74) is 1.03. The van der Waals surface area contributed by atoms with Crippen LogP contribution in [0.3, 0.4) is 0 Å². The van der Waals surface area contributed by atoms with Crippen LogP contribution < -0.4 is 0 Å². The monoisotopic (exact) mass is 186 g/mol. The Morgan fingerprint density at radius 2 is 2.15 bits per heavy atom. The van der Waals surface area contributed by atoms with E-state index < -0.39 is 0 Å². The van der Waals surface area contributed by atoms with E-state index >= 15 is 0 Å². The minimum Gasteiger partial charge on any atom is -0.463 e. The van der Waals surface area contributed by atoms with Gasteiger partial charge in [-0.05, 0) is 26.2 Å². The highest BCUT2D eigenvalue weighted by Gasteiger charge is 2.00. The lowest BCUT2D eigenvalue weighted by atomic mass is 10.1. The van der Waals surface area contributed by atoms with Gasteiger partial charge in [-0.2, -0.15) is 0 Å². The van der Waals surface area contributed by atoms with Crippen molar-refractivity contribution in [2.24, 2.45) is 0 Å². The lowest BCUT2D eigenvalue weighted by molar-refractivity contribution is -0.137. The number of hydrogen-bond acceptors (Lipinski definition) is 3. The third-order valence-corrected chi connectivity index (χ3v) is 1.72. The first kappa shape index (κ1) is 12.2. The van der Waals surface area contributed by atoms with Crippen molar-refractivity contribution in [3.63, 3.8) is 0 Å².